The van der Waals surface area contributed by atoms with Gasteiger partial charge in [0.2, 0.25) is 0 Å². The van der Waals surface area contributed by atoms with Crippen LogP contribution in [0.15, 0.2) is 10.4 Å². The average Bonchev–Trinajstić information content (AvgIpc) is 3.17. The van der Waals surface area contributed by atoms with E-state index in [-0.39, 0.29) is 17.3 Å². The first kappa shape index (κ1) is 23.4. The zero-order valence-electron chi connectivity index (χ0n) is 18.4. The van der Waals surface area contributed by atoms with Gasteiger partial charge in [0.25, 0.3) is 0 Å². The molecular formula is C22H35N3O3S2. The Hall–Kier alpha value is -1.28. The van der Waals surface area contributed by atoms with Gasteiger partial charge in [0.15, 0.2) is 5.13 Å². The predicted molar refractivity (Wildman–Crippen MR) is 123 cm³/mol. The molecule has 1 atom stereocenters. The summed E-state index contributed by atoms with van der Waals surface area (Å²) in [7, 11) is 0. The van der Waals surface area contributed by atoms with Gasteiger partial charge >= 0.3 is 12.0 Å². The number of thioether (sulfide) groups is 1. The van der Waals surface area contributed by atoms with Crippen LogP contribution < -0.4 is 5.32 Å². The monoisotopic (exact) mass is 453 g/mol. The van der Waals surface area contributed by atoms with Crippen LogP contribution in [0.3, 0.4) is 0 Å². The SMILES string of the molecule is CCOC(=O)C(C)Sc1cnc(NC(=O)N(C2CCCCC2)C2CCC(C)CC2)s1. The number of anilines is 1. The molecule has 1 aromatic rings. The van der Waals surface area contributed by atoms with Gasteiger partial charge in [0.05, 0.1) is 17.0 Å². The van der Waals surface area contributed by atoms with Crippen LogP contribution in [0.1, 0.15) is 78.6 Å². The highest BCUT2D eigenvalue weighted by atomic mass is 32.2. The highest BCUT2D eigenvalue weighted by Gasteiger charge is 2.34. The number of hydrogen-bond donors (Lipinski definition) is 1. The summed E-state index contributed by atoms with van der Waals surface area (Å²) in [6.45, 7) is 6.33. The van der Waals surface area contributed by atoms with Crippen molar-refractivity contribution < 1.29 is 14.3 Å². The fraction of sp³-hybridized carbons (Fsp3) is 0.773. The quantitative estimate of drug-likeness (QED) is 0.409. The number of amides is 2. The van der Waals surface area contributed by atoms with Gasteiger partial charge in [-0.25, -0.2) is 9.78 Å². The van der Waals surface area contributed by atoms with Crippen LogP contribution in [0.5, 0.6) is 0 Å². The van der Waals surface area contributed by atoms with E-state index in [1.807, 2.05) is 6.92 Å². The molecule has 168 valence electrons. The van der Waals surface area contributed by atoms with Crippen molar-refractivity contribution in [1.29, 1.82) is 0 Å². The van der Waals surface area contributed by atoms with Crippen molar-refractivity contribution >= 4 is 40.2 Å². The molecule has 2 saturated carbocycles. The smallest absolute Gasteiger partial charge is 0.324 e. The molecule has 2 amide bonds. The van der Waals surface area contributed by atoms with Crippen molar-refractivity contribution in [2.24, 2.45) is 5.92 Å². The number of carbonyl (C=O) groups is 2. The lowest BCUT2D eigenvalue weighted by Gasteiger charge is -2.42. The lowest BCUT2D eigenvalue weighted by atomic mass is 9.84. The summed E-state index contributed by atoms with van der Waals surface area (Å²) in [5.41, 5.74) is 0. The van der Waals surface area contributed by atoms with Gasteiger partial charge in [-0.05, 0) is 58.3 Å². The summed E-state index contributed by atoms with van der Waals surface area (Å²) in [5.74, 6) is 0.536. The number of nitrogens with zero attached hydrogens (tertiary/aromatic N) is 2. The van der Waals surface area contributed by atoms with E-state index < -0.39 is 0 Å². The molecule has 30 heavy (non-hydrogen) atoms. The maximum absolute atomic E-state index is 13.3. The van der Waals surface area contributed by atoms with Crippen molar-refractivity contribution in [2.45, 2.75) is 100 Å². The molecule has 0 aromatic carbocycles. The molecule has 2 aliphatic carbocycles. The molecule has 6 nitrogen and oxygen atoms in total. The van der Waals surface area contributed by atoms with E-state index in [2.05, 4.69) is 22.1 Å². The van der Waals surface area contributed by atoms with E-state index in [9.17, 15) is 9.59 Å². The van der Waals surface area contributed by atoms with E-state index in [1.165, 1.54) is 55.2 Å². The molecule has 1 heterocycles. The van der Waals surface area contributed by atoms with Crippen LogP contribution in [0.4, 0.5) is 9.93 Å². The number of esters is 1. The second kappa shape index (κ2) is 11.4. The summed E-state index contributed by atoms with van der Waals surface area (Å²) in [6, 6.07) is 0.669. The Morgan fingerprint density at radius 1 is 1.20 bits per heavy atom. The minimum absolute atomic E-state index is 0.00852. The highest BCUT2D eigenvalue weighted by Crippen LogP contribution is 2.35. The largest absolute Gasteiger partial charge is 0.465 e. The molecule has 0 spiro atoms. The molecule has 1 N–H and O–H groups in total. The topological polar surface area (TPSA) is 71.5 Å². The number of hydrogen-bond acceptors (Lipinski definition) is 6. The number of carbonyl (C=O) groups excluding carboxylic acids is 2. The number of rotatable bonds is 7. The molecule has 2 fully saturated rings. The molecular weight excluding hydrogens is 418 g/mol. The third kappa shape index (κ3) is 6.36. The van der Waals surface area contributed by atoms with E-state index in [4.69, 9.17) is 4.74 Å². The van der Waals surface area contributed by atoms with E-state index >= 15 is 0 Å². The Labute approximate surface area is 188 Å². The lowest BCUT2D eigenvalue weighted by Crippen LogP contribution is -2.51. The summed E-state index contributed by atoms with van der Waals surface area (Å²) < 4.78 is 5.97. The van der Waals surface area contributed by atoms with Gasteiger partial charge in [-0.15, -0.1) is 0 Å². The van der Waals surface area contributed by atoms with Crippen LogP contribution in [0, 0.1) is 5.92 Å². The number of aromatic nitrogens is 1. The first-order valence-corrected chi connectivity index (χ1v) is 13.1. The third-order valence-corrected chi connectivity index (χ3v) is 8.32. The molecule has 2 aliphatic rings. The molecule has 1 unspecified atom stereocenters. The van der Waals surface area contributed by atoms with Gasteiger partial charge in [-0.3, -0.25) is 10.1 Å². The minimum atomic E-state index is -0.295. The Morgan fingerprint density at radius 3 is 2.53 bits per heavy atom. The molecule has 1 aromatic heterocycles. The fourth-order valence-electron chi connectivity index (χ4n) is 4.52. The summed E-state index contributed by atoms with van der Waals surface area (Å²) in [5, 5.41) is 3.37. The first-order valence-electron chi connectivity index (χ1n) is 11.4. The van der Waals surface area contributed by atoms with Gasteiger partial charge in [-0.2, -0.15) is 0 Å². The van der Waals surface area contributed by atoms with Crippen LogP contribution in [-0.4, -0.2) is 45.8 Å². The standard InChI is InChI=1S/C22H35N3O3S2/c1-4-28-20(26)16(3)29-19-14-23-21(30-19)24-22(27)25(17-8-6-5-7-9-17)18-12-10-15(2)11-13-18/h14-18H,4-13H2,1-3H3,(H,23,24,27). The summed E-state index contributed by atoms with van der Waals surface area (Å²) in [6.07, 6.45) is 12.2. The number of thiazole rings is 1. The Balaban J connectivity index is 1.63. The maximum Gasteiger partial charge on any atom is 0.324 e. The van der Waals surface area contributed by atoms with E-state index in [0.717, 1.165) is 35.8 Å². The molecule has 3 rings (SSSR count). The number of ether oxygens (including phenoxy) is 1. The third-order valence-electron chi connectivity index (χ3n) is 6.19. The van der Waals surface area contributed by atoms with Gasteiger partial charge < -0.3 is 9.64 Å². The first-order chi connectivity index (χ1) is 14.5. The zero-order valence-corrected chi connectivity index (χ0v) is 20.0. The minimum Gasteiger partial charge on any atom is -0.465 e. The second-order valence-electron chi connectivity index (χ2n) is 8.54. The molecule has 0 aliphatic heterocycles. The molecule has 0 radical (unpaired) electrons. The average molecular weight is 454 g/mol. The summed E-state index contributed by atoms with van der Waals surface area (Å²) >= 11 is 2.84. The molecule has 0 saturated heterocycles. The Morgan fingerprint density at radius 2 is 1.87 bits per heavy atom. The van der Waals surface area contributed by atoms with Crippen molar-refractivity contribution in [3.8, 4) is 0 Å². The second-order valence-corrected chi connectivity index (χ2v) is 11.2. The maximum atomic E-state index is 13.3. The van der Waals surface area contributed by atoms with Crippen LogP contribution >= 0.6 is 23.1 Å². The van der Waals surface area contributed by atoms with E-state index in [0.29, 0.717) is 23.8 Å². The fourth-order valence-corrected chi connectivity index (χ4v) is 6.55. The Kier molecular flexibility index (Phi) is 8.86. The van der Waals surface area contributed by atoms with Gasteiger partial charge in [-0.1, -0.05) is 49.3 Å². The van der Waals surface area contributed by atoms with Gasteiger partial charge in [0.1, 0.15) is 5.25 Å². The number of urea groups is 1. The van der Waals surface area contributed by atoms with Crippen LogP contribution in [0.2, 0.25) is 0 Å². The Bertz CT molecular complexity index is 698. The van der Waals surface area contributed by atoms with Crippen molar-refractivity contribution in [3.05, 3.63) is 6.20 Å². The lowest BCUT2D eigenvalue weighted by molar-refractivity contribution is -0.142. The van der Waals surface area contributed by atoms with Crippen molar-refractivity contribution in [3.63, 3.8) is 0 Å². The normalized spacial score (nSPS) is 23.6. The van der Waals surface area contributed by atoms with Crippen LogP contribution in [-0.2, 0) is 9.53 Å². The number of nitrogens with one attached hydrogen (secondary N) is 1. The predicted octanol–water partition coefficient (Wildman–Crippen LogP) is 5.93. The van der Waals surface area contributed by atoms with E-state index in [1.54, 1.807) is 13.1 Å². The molecule has 8 heteroatoms. The summed E-state index contributed by atoms with van der Waals surface area (Å²) in [4.78, 5) is 31.7. The highest BCUT2D eigenvalue weighted by molar-refractivity contribution is 8.02. The van der Waals surface area contributed by atoms with Crippen molar-refractivity contribution in [1.82, 2.24) is 9.88 Å². The van der Waals surface area contributed by atoms with Crippen LogP contribution in [0.25, 0.3) is 0 Å². The molecule has 0 bridgehead atoms. The zero-order chi connectivity index (χ0) is 21.5. The van der Waals surface area contributed by atoms with Crippen molar-refractivity contribution in [2.75, 3.05) is 11.9 Å². The van der Waals surface area contributed by atoms with Gasteiger partial charge in [0, 0.05) is 12.1 Å².